The molecule has 1 heterocycles. The maximum absolute atomic E-state index is 12.0. The van der Waals surface area contributed by atoms with Gasteiger partial charge in [0.2, 0.25) is 0 Å². The van der Waals surface area contributed by atoms with Crippen molar-refractivity contribution in [1.29, 1.82) is 0 Å². The summed E-state index contributed by atoms with van der Waals surface area (Å²) < 4.78 is 0. The largest absolute Gasteiger partial charge is 0.334 e. The van der Waals surface area contributed by atoms with E-state index in [1.54, 1.807) is 0 Å². The van der Waals surface area contributed by atoms with Crippen LogP contribution < -0.4 is 10.6 Å². The van der Waals surface area contributed by atoms with E-state index in [9.17, 15) is 4.79 Å². The Balaban J connectivity index is 0.00000180. The number of hydrogen-bond acceptors (Lipinski definition) is 2. The third kappa shape index (κ3) is 4.73. The lowest BCUT2D eigenvalue weighted by Gasteiger charge is -2.32. The predicted molar refractivity (Wildman–Crippen MR) is 79.6 cm³/mol. The van der Waals surface area contributed by atoms with Gasteiger partial charge in [-0.3, -0.25) is 0 Å². The molecule has 1 aromatic rings. The Labute approximate surface area is 121 Å². The van der Waals surface area contributed by atoms with Gasteiger partial charge >= 0.3 is 6.03 Å². The van der Waals surface area contributed by atoms with Crippen molar-refractivity contribution < 1.29 is 4.79 Å². The molecule has 0 saturated carbocycles. The van der Waals surface area contributed by atoms with Gasteiger partial charge in [-0.1, -0.05) is 30.3 Å². The Morgan fingerprint density at radius 1 is 1.37 bits per heavy atom. The number of hydrogen-bond donors (Lipinski definition) is 2. The van der Waals surface area contributed by atoms with Crippen LogP contribution in [0.2, 0.25) is 0 Å². The molecule has 0 bridgehead atoms. The van der Waals surface area contributed by atoms with Gasteiger partial charge in [0.15, 0.2) is 0 Å². The van der Waals surface area contributed by atoms with E-state index in [0.717, 1.165) is 31.5 Å². The van der Waals surface area contributed by atoms with Crippen LogP contribution in [0.5, 0.6) is 0 Å². The number of benzene rings is 1. The highest BCUT2D eigenvalue weighted by atomic mass is 35.5. The van der Waals surface area contributed by atoms with E-state index in [-0.39, 0.29) is 18.4 Å². The van der Waals surface area contributed by atoms with Crippen LogP contribution in [0.3, 0.4) is 0 Å². The van der Waals surface area contributed by atoms with Gasteiger partial charge in [-0.2, -0.15) is 0 Å². The van der Waals surface area contributed by atoms with Gasteiger partial charge in [-0.25, -0.2) is 4.79 Å². The van der Waals surface area contributed by atoms with Crippen LogP contribution in [-0.4, -0.2) is 37.1 Å². The van der Waals surface area contributed by atoms with E-state index in [0.29, 0.717) is 12.6 Å². The van der Waals surface area contributed by atoms with Crippen LogP contribution in [0.4, 0.5) is 4.79 Å². The molecule has 1 atom stereocenters. The van der Waals surface area contributed by atoms with Crippen LogP contribution in [-0.2, 0) is 6.54 Å². The molecule has 0 aliphatic carbocycles. The zero-order chi connectivity index (χ0) is 12.8. The number of carbonyl (C=O) groups is 1. The molecule has 0 spiro atoms. The van der Waals surface area contributed by atoms with Crippen LogP contribution in [0.15, 0.2) is 30.3 Å². The SMILES string of the molecule is CN[C@H]1CCCN(C(=O)NCc2ccccc2)C1.Cl. The summed E-state index contributed by atoms with van der Waals surface area (Å²) in [7, 11) is 1.95. The predicted octanol–water partition coefficient (Wildman–Crippen LogP) is 2.00. The molecule has 1 aromatic carbocycles. The summed E-state index contributed by atoms with van der Waals surface area (Å²) in [5.74, 6) is 0. The van der Waals surface area contributed by atoms with Gasteiger partial charge < -0.3 is 15.5 Å². The molecule has 0 aromatic heterocycles. The van der Waals surface area contributed by atoms with Gasteiger partial charge in [0, 0.05) is 25.7 Å². The van der Waals surface area contributed by atoms with E-state index in [1.807, 2.05) is 42.3 Å². The number of carbonyl (C=O) groups excluding carboxylic acids is 1. The highest BCUT2D eigenvalue weighted by molar-refractivity contribution is 5.85. The first-order chi connectivity index (χ1) is 8.79. The smallest absolute Gasteiger partial charge is 0.317 e. The Bertz CT molecular complexity index is 386. The maximum atomic E-state index is 12.0. The normalized spacial score (nSPS) is 18.6. The van der Waals surface area contributed by atoms with E-state index < -0.39 is 0 Å². The molecule has 2 rings (SSSR count). The van der Waals surface area contributed by atoms with Crippen molar-refractivity contribution in [3.05, 3.63) is 35.9 Å². The van der Waals surface area contributed by atoms with Gasteiger partial charge in [-0.15, -0.1) is 12.4 Å². The van der Waals surface area contributed by atoms with Crippen LogP contribution in [0, 0.1) is 0 Å². The van der Waals surface area contributed by atoms with Gasteiger partial charge in [-0.05, 0) is 25.5 Å². The molecule has 1 fully saturated rings. The first-order valence-corrected chi connectivity index (χ1v) is 6.53. The highest BCUT2D eigenvalue weighted by Gasteiger charge is 2.21. The number of nitrogens with zero attached hydrogens (tertiary/aromatic N) is 1. The second-order valence-corrected chi connectivity index (χ2v) is 4.72. The van der Waals surface area contributed by atoms with E-state index in [4.69, 9.17) is 0 Å². The molecule has 1 aliphatic heterocycles. The average Bonchev–Trinajstić information content (AvgIpc) is 2.46. The zero-order valence-electron chi connectivity index (χ0n) is 11.3. The Morgan fingerprint density at radius 2 is 2.11 bits per heavy atom. The molecular formula is C14H22ClN3O. The summed E-state index contributed by atoms with van der Waals surface area (Å²) in [5.41, 5.74) is 1.13. The molecule has 0 unspecified atom stereocenters. The fourth-order valence-corrected chi connectivity index (χ4v) is 2.28. The summed E-state index contributed by atoms with van der Waals surface area (Å²) in [6, 6.07) is 10.5. The number of likely N-dealkylation sites (N-methyl/N-ethyl adjacent to an activating group) is 1. The second kappa shape index (κ2) is 8.02. The fourth-order valence-electron chi connectivity index (χ4n) is 2.28. The number of rotatable bonds is 3. The van der Waals surface area contributed by atoms with E-state index in [2.05, 4.69) is 10.6 Å². The van der Waals surface area contributed by atoms with Gasteiger partial charge in [0.25, 0.3) is 0 Å². The molecule has 2 N–H and O–H groups in total. The highest BCUT2D eigenvalue weighted by Crippen LogP contribution is 2.09. The van der Waals surface area contributed by atoms with Crippen molar-refractivity contribution in [3.8, 4) is 0 Å². The summed E-state index contributed by atoms with van der Waals surface area (Å²) >= 11 is 0. The van der Waals surface area contributed by atoms with Crippen LogP contribution in [0.1, 0.15) is 18.4 Å². The lowest BCUT2D eigenvalue weighted by atomic mass is 10.1. The Kier molecular flexibility index (Phi) is 6.67. The minimum atomic E-state index is 0. The summed E-state index contributed by atoms with van der Waals surface area (Å²) in [6.45, 7) is 2.26. The van der Waals surface area contributed by atoms with Gasteiger partial charge in [0.1, 0.15) is 0 Å². The minimum Gasteiger partial charge on any atom is -0.334 e. The number of likely N-dealkylation sites (tertiary alicyclic amines) is 1. The Hall–Kier alpha value is -1.26. The zero-order valence-corrected chi connectivity index (χ0v) is 12.1. The van der Waals surface area contributed by atoms with Crippen LogP contribution >= 0.6 is 12.4 Å². The number of halogens is 1. The second-order valence-electron chi connectivity index (χ2n) is 4.72. The molecule has 5 heteroatoms. The lowest BCUT2D eigenvalue weighted by molar-refractivity contribution is 0.174. The van der Waals surface area contributed by atoms with E-state index in [1.165, 1.54) is 0 Å². The summed E-state index contributed by atoms with van der Waals surface area (Å²) in [4.78, 5) is 13.9. The maximum Gasteiger partial charge on any atom is 0.317 e. The third-order valence-electron chi connectivity index (χ3n) is 3.40. The number of nitrogens with one attached hydrogen (secondary N) is 2. The average molecular weight is 284 g/mol. The summed E-state index contributed by atoms with van der Waals surface area (Å²) in [5, 5.41) is 6.21. The topological polar surface area (TPSA) is 44.4 Å². The van der Waals surface area contributed by atoms with Gasteiger partial charge in [0.05, 0.1) is 0 Å². The lowest BCUT2D eigenvalue weighted by Crippen LogP contribution is -2.50. The Morgan fingerprint density at radius 3 is 2.79 bits per heavy atom. The molecule has 0 radical (unpaired) electrons. The van der Waals surface area contributed by atoms with Crippen molar-refractivity contribution in [2.45, 2.75) is 25.4 Å². The quantitative estimate of drug-likeness (QED) is 0.891. The first kappa shape index (κ1) is 15.8. The standard InChI is InChI=1S/C14H21N3O.ClH/c1-15-13-8-5-9-17(11-13)14(18)16-10-12-6-3-2-4-7-12;/h2-4,6-7,13,15H,5,8-11H2,1H3,(H,16,18);1H/t13-;/m0./s1. The number of urea groups is 1. The number of piperidine rings is 1. The van der Waals surface area contributed by atoms with Crippen molar-refractivity contribution >= 4 is 18.4 Å². The third-order valence-corrected chi connectivity index (χ3v) is 3.40. The van der Waals surface area contributed by atoms with Crippen LogP contribution in [0.25, 0.3) is 0 Å². The monoisotopic (exact) mass is 283 g/mol. The number of amides is 2. The first-order valence-electron chi connectivity index (χ1n) is 6.53. The van der Waals surface area contributed by atoms with Crippen molar-refractivity contribution in [2.75, 3.05) is 20.1 Å². The molecule has 4 nitrogen and oxygen atoms in total. The molecular weight excluding hydrogens is 262 g/mol. The molecule has 2 amide bonds. The molecule has 19 heavy (non-hydrogen) atoms. The molecule has 1 aliphatic rings. The van der Waals surface area contributed by atoms with Crippen molar-refractivity contribution in [2.24, 2.45) is 0 Å². The fraction of sp³-hybridized carbons (Fsp3) is 0.500. The molecule has 1 saturated heterocycles. The summed E-state index contributed by atoms with van der Waals surface area (Å²) in [6.07, 6.45) is 2.23. The minimum absolute atomic E-state index is 0. The molecule has 106 valence electrons. The van der Waals surface area contributed by atoms with Crippen molar-refractivity contribution in [3.63, 3.8) is 0 Å². The van der Waals surface area contributed by atoms with Crippen molar-refractivity contribution in [1.82, 2.24) is 15.5 Å². The van der Waals surface area contributed by atoms with E-state index >= 15 is 0 Å².